The average molecular weight is 256 g/mol. The first-order valence-corrected chi connectivity index (χ1v) is 6.49. The van der Waals surface area contributed by atoms with Gasteiger partial charge in [-0.25, -0.2) is 0 Å². The van der Waals surface area contributed by atoms with Gasteiger partial charge in [-0.15, -0.1) is 0 Å². The fourth-order valence-corrected chi connectivity index (χ4v) is 2.62. The van der Waals surface area contributed by atoms with Gasteiger partial charge >= 0.3 is 5.97 Å². The highest BCUT2D eigenvalue weighted by atomic mass is 16.5. The molecule has 2 N–H and O–H groups in total. The summed E-state index contributed by atoms with van der Waals surface area (Å²) in [7, 11) is 0. The van der Waals surface area contributed by atoms with Crippen LogP contribution in [0.5, 0.6) is 0 Å². The fourth-order valence-electron chi connectivity index (χ4n) is 2.62. The molecular formula is C12H20N2O4. The highest BCUT2D eigenvalue weighted by Gasteiger charge is 2.33. The van der Waals surface area contributed by atoms with Crippen molar-refractivity contribution in [2.24, 2.45) is 5.92 Å². The molecule has 1 amide bonds. The Labute approximate surface area is 106 Å². The summed E-state index contributed by atoms with van der Waals surface area (Å²) < 4.78 is 5.28. The van der Waals surface area contributed by atoms with E-state index < -0.39 is 5.97 Å². The summed E-state index contributed by atoms with van der Waals surface area (Å²) in [5, 5.41) is 12.1. The second kappa shape index (κ2) is 6.15. The minimum Gasteiger partial charge on any atom is -0.481 e. The monoisotopic (exact) mass is 256 g/mol. The molecule has 0 bridgehead atoms. The summed E-state index contributed by atoms with van der Waals surface area (Å²) >= 11 is 0. The average Bonchev–Trinajstić information content (AvgIpc) is 2.39. The topological polar surface area (TPSA) is 78.9 Å². The van der Waals surface area contributed by atoms with Crippen LogP contribution in [-0.2, 0) is 14.3 Å². The third kappa shape index (κ3) is 3.20. The minimum atomic E-state index is -0.881. The molecule has 0 aromatic carbocycles. The van der Waals surface area contributed by atoms with Gasteiger partial charge in [0.1, 0.15) is 0 Å². The Hall–Kier alpha value is -1.14. The molecule has 2 fully saturated rings. The van der Waals surface area contributed by atoms with Crippen LogP contribution in [-0.4, -0.2) is 60.8 Å². The van der Waals surface area contributed by atoms with Gasteiger partial charge in [-0.2, -0.15) is 0 Å². The molecule has 6 nitrogen and oxygen atoms in total. The van der Waals surface area contributed by atoms with Crippen molar-refractivity contribution in [3.05, 3.63) is 0 Å². The van der Waals surface area contributed by atoms with E-state index in [1.807, 2.05) is 0 Å². The maximum absolute atomic E-state index is 12.4. The van der Waals surface area contributed by atoms with Crippen molar-refractivity contribution in [1.29, 1.82) is 0 Å². The molecule has 18 heavy (non-hydrogen) atoms. The smallest absolute Gasteiger partial charge is 0.305 e. The molecule has 2 heterocycles. The van der Waals surface area contributed by atoms with Crippen LogP contribution in [0, 0.1) is 5.92 Å². The van der Waals surface area contributed by atoms with Crippen molar-refractivity contribution < 1.29 is 19.4 Å². The lowest BCUT2D eigenvalue weighted by atomic mass is 9.95. The van der Waals surface area contributed by atoms with Crippen molar-refractivity contribution in [3.63, 3.8) is 0 Å². The molecule has 0 aliphatic carbocycles. The van der Waals surface area contributed by atoms with E-state index >= 15 is 0 Å². The highest BCUT2D eigenvalue weighted by Crippen LogP contribution is 2.20. The Morgan fingerprint density at radius 3 is 2.72 bits per heavy atom. The Kier molecular flexibility index (Phi) is 4.54. The number of morpholine rings is 1. The Balaban J connectivity index is 1.98. The number of nitrogens with zero attached hydrogens (tertiary/aromatic N) is 1. The maximum atomic E-state index is 12.4. The Morgan fingerprint density at radius 2 is 2.06 bits per heavy atom. The molecule has 2 saturated heterocycles. The van der Waals surface area contributed by atoms with Gasteiger partial charge in [-0.1, -0.05) is 0 Å². The largest absolute Gasteiger partial charge is 0.481 e. The zero-order valence-electron chi connectivity index (χ0n) is 10.4. The van der Waals surface area contributed by atoms with Crippen LogP contribution in [0.15, 0.2) is 0 Å². The van der Waals surface area contributed by atoms with Crippen molar-refractivity contribution in [2.75, 3.05) is 32.8 Å². The van der Waals surface area contributed by atoms with Gasteiger partial charge < -0.3 is 20.1 Å². The van der Waals surface area contributed by atoms with Crippen LogP contribution in [0.4, 0.5) is 0 Å². The first kappa shape index (κ1) is 13.3. The van der Waals surface area contributed by atoms with Gasteiger partial charge in [0.2, 0.25) is 5.91 Å². The van der Waals surface area contributed by atoms with Crippen LogP contribution in [0.3, 0.4) is 0 Å². The summed E-state index contributed by atoms with van der Waals surface area (Å²) in [5.41, 5.74) is 0. The third-order valence-corrected chi connectivity index (χ3v) is 3.61. The van der Waals surface area contributed by atoms with E-state index in [9.17, 15) is 9.59 Å². The normalized spacial score (nSPS) is 26.0. The molecule has 0 aromatic rings. The lowest BCUT2D eigenvalue weighted by Crippen LogP contribution is -2.52. The van der Waals surface area contributed by atoms with Gasteiger partial charge in [0.15, 0.2) is 0 Å². The van der Waals surface area contributed by atoms with E-state index in [0.717, 1.165) is 25.9 Å². The van der Waals surface area contributed by atoms with E-state index in [1.54, 1.807) is 4.90 Å². The van der Waals surface area contributed by atoms with Crippen molar-refractivity contribution in [1.82, 2.24) is 10.2 Å². The fraction of sp³-hybridized carbons (Fsp3) is 0.833. The number of nitrogens with one attached hydrogen (secondary N) is 1. The number of hydrogen-bond acceptors (Lipinski definition) is 4. The summed E-state index contributed by atoms with van der Waals surface area (Å²) in [6.45, 7) is 3.09. The molecule has 0 spiro atoms. The first-order chi connectivity index (χ1) is 8.68. The number of amides is 1. The van der Waals surface area contributed by atoms with Gasteiger partial charge in [0.05, 0.1) is 25.7 Å². The van der Waals surface area contributed by atoms with Crippen LogP contribution in [0.2, 0.25) is 0 Å². The number of carboxylic acids is 1. The molecule has 0 aromatic heterocycles. The molecule has 1 unspecified atom stereocenters. The minimum absolute atomic E-state index is 0.0310. The van der Waals surface area contributed by atoms with Crippen LogP contribution in [0.1, 0.15) is 19.3 Å². The summed E-state index contributed by atoms with van der Waals surface area (Å²) in [6.07, 6.45) is 1.66. The van der Waals surface area contributed by atoms with E-state index in [2.05, 4.69) is 5.32 Å². The standard InChI is InChI=1S/C12H20N2O4/c15-11(16)7-10-8-18-6-5-14(10)12(17)9-1-3-13-4-2-9/h9-10,13H,1-8H2,(H,15,16). The number of aliphatic carboxylic acids is 1. The molecule has 102 valence electrons. The molecule has 1 atom stereocenters. The zero-order valence-corrected chi connectivity index (χ0v) is 10.4. The van der Waals surface area contributed by atoms with E-state index in [-0.39, 0.29) is 24.3 Å². The number of carbonyl (C=O) groups excluding carboxylic acids is 1. The molecule has 0 saturated carbocycles. The summed E-state index contributed by atoms with van der Waals surface area (Å²) in [6, 6.07) is -0.307. The Bertz CT molecular complexity index is 315. The lowest BCUT2D eigenvalue weighted by Gasteiger charge is -2.37. The van der Waals surface area contributed by atoms with Crippen LogP contribution >= 0.6 is 0 Å². The third-order valence-electron chi connectivity index (χ3n) is 3.61. The van der Waals surface area contributed by atoms with Crippen molar-refractivity contribution >= 4 is 11.9 Å². The first-order valence-electron chi connectivity index (χ1n) is 6.49. The molecule has 2 aliphatic rings. The number of hydrogen-bond donors (Lipinski definition) is 2. The lowest BCUT2D eigenvalue weighted by molar-refractivity contribution is -0.149. The number of carboxylic acid groups (broad SMARTS) is 1. The molecule has 6 heteroatoms. The van der Waals surface area contributed by atoms with Crippen LogP contribution < -0.4 is 5.32 Å². The van der Waals surface area contributed by atoms with Gasteiger partial charge in [0.25, 0.3) is 0 Å². The number of ether oxygens (including phenoxy) is 1. The summed E-state index contributed by atoms with van der Waals surface area (Å²) in [4.78, 5) is 24.9. The second-order valence-corrected chi connectivity index (χ2v) is 4.88. The summed E-state index contributed by atoms with van der Waals surface area (Å²) in [5.74, 6) is -0.736. The van der Waals surface area contributed by atoms with Gasteiger partial charge in [0, 0.05) is 12.5 Å². The van der Waals surface area contributed by atoms with E-state index in [4.69, 9.17) is 9.84 Å². The quantitative estimate of drug-likeness (QED) is 0.724. The molecule has 2 aliphatic heterocycles. The maximum Gasteiger partial charge on any atom is 0.305 e. The predicted molar refractivity (Wildman–Crippen MR) is 64.2 cm³/mol. The Morgan fingerprint density at radius 1 is 1.33 bits per heavy atom. The number of rotatable bonds is 3. The van der Waals surface area contributed by atoms with Gasteiger partial charge in [-0.3, -0.25) is 9.59 Å². The van der Waals surface area contributed by atoms with E-state index in [1.165, 1.54) is 0 Å². The molecular weight excluding hydrogens is 236 g/mol. The molecule has 0 radical (unpaired) electrons. The zero-order chi connectivity index (χ0) is 13.0. The number of piperidine rings is 1. The van der Waals surface area contributed by atoms with Crippen molar-refractivity contribution in [3.8, 4) is 0 Å². The number of carbonyl (C=O) groups is 2. The second-order valence-electron chi connectivity index (χ2n) is 4.88. The molecule has 2 rings (SSSR count). The predicted octanol–water partition coefficient (Wildman–Crippen LogP) is -0.312. The SMILES string of the molecule is O=C(O)CC1COCCN1C(=O)C1CCNCC1. The highest BCUT2D eigenvalue weighted by molar-refractivity contribution is 5.80. The van der Waals surface area contributed by atoms with E-state index in [0.29, 0.717) is 19.8 Å². The van der Waals surface area contributed by atoms with Crippen LogP contribution in [0.25, 0.3) is 0 Å². The van der Waals surface area contributed by atoms with Gasteiger partial charge in [-0.05, 0) is 25.9 Å². The van der Waals surface area contributed by atoms with Crippen molar-refractivity contribution in [2.45, 2.75) is 25.3 Å².